The second kappa shape index (κ2) is 3.76. The predicted molar refractivity (Wildman–Crippen MR) is 44.8 cm³/mol. The van der Waals surface area contributed by atoms with E-state index in [1.54, 1.807) is 6.26 Å². The molecular formula is C9H10O3. The van der Waals surface area contributed by atoms with E-state index in [1.807, 2.05) is 13.0 Å². The van der Waals surface area contributed by atoms with Crippen molar-refractivity contribution in [2.24, 2.45) is 0 Å². The maximum Gasteiger partial charge on any atom is 0.328 e. The lowest BCUT2D eigenvalue weighted by Crippen LogP contribution is -1.86. The lowest BCUT2D eigenvalue weighted by atomic mass is 10.2. The van der Waals surface area contributed by atoms with Gasteiger partial charge in [0, 0.05) is 6.08 Å². The van der Waals surface area contributed by atoms with Crippen molar-refractivity contribution in [1.29, 1.82) is 0 Å². The van der Waals surface area contributed by atoms with Crippen molar-refractivity contribution < 1.29 is 14.3 Å². The van der Waals surface area contributed by atoms with Crippen molar-refractivity contribution >= 4 is 12.0 Å². The summed E-state index contributed by atoms with van der Waals surface area (Å²) >= 11 is 0. The molecule has 12 heavy (non-hydrogen) atoms. The minimum Gasteiger partial charge on any atom is -0.478 e. The van der Waals surface area contributed by atoms with Crippen molar-refractivity contribution in [3.8, 4) is 0 Å². The molecule has 0 unspecified atom stereocenters. The van der Waals surface area contributed by atoms with Gasteiger partial charge in [0.25, 0.3) is 0 Å². The Morgan fingerprint density at radius 1 is 1.75 bits per heavy atom. The van der Waals surface area contributed by atoms with E-state index < -0.39 is 5.97 Å². The van der Waals surface area contributed by atoms with E-state index in [0.717, 1.165) is 18.1 Å². The van der Waals surface area contributed by atoms with Crippen LogP contribution in [0.5, 0.6) is 0 Å². The zero-order chi connectivity index (χ0) is 8.97. The molecule has 0 aliphatic heterocycles. The van der Waals surface area contributed by atoms with E-state index in [1.165, 1.54) is 6.08 Å². The molecule has 0 aliphatic carbocycles. The lowest BCUT2D eigenvalue weighted by Gasteiger charge is -1.89. The molecule has 1 aromatic heterocycles. The largest absolute Gasteiger partial charge is 0.478 e. The summed E-state index contributed by atoms with van der Waals surface area (Å²) in [6.45, 7) is 1.99. The summed E-state index contributed by atoms with van der Waals surface area (Å²) in [7, 11) is 0. The molecule has 0 radical (unpaired) electrons. The summed E-state index contributed by atoms with van der Waals surface area (Å²) in [6.07, 6.45) is 4.93. The van der Waals surface area contributed by atoms with Crippen LogP contribution in [0, 0.1) is 0 Å². The van der Waals surface area contributed by atoms with Crippen LogP contribution in [0.2, 0.25) is 0 Å². The minimum atomic E-state index is -0.964. The Balaban J connectivity index is 2.81. The summed E-state index contributed by atoms with van der Waals surface area (Å²) in [4.78, 5) is 10.2. The van der Waals surface area contributed by atoms with Crippen LogP contribution in [0.15, 0.2) is 22.8 Å². The number of hydrogen-bond acceptors (Lipinski definition) is 2. The minimum absolute atomic E-state index is 0.625. The van der Waals surface area contributed by atoms with Gasteiger partial charge in [-0.15, -0.1) is 0 Å². The molecule has 0 saturated carbocycles. The summed E-state index contributed by atoms with van der Waals surface area (Å²) in [5, 5.41) is 8.35. The van der Waals surface area contributed by atoms with Gasteiger partial charge in [0.1, 0.15) is 5.76 Å². The maximum atomic E-state index is 10.2. The first-order chi connectivity index (χ1) is 5.74. The molecule has 1 heterocycles. The first-order valence-electron chi connectivity index (χ1n) is 3.71. The topological polar surface area (TPSA) is 50.4 Å². The highest BCUT2D eigenvalue weighted by Gasteiger charge is 1.99. The number of furan rings is 1. The Bertz CT molecular complexity index is 296. The molecule has 0 aliphatic rings. The van der Waals surface area contributed by atoms with Crippen LogP contribution in [-0.2, 0) is 11.2 Å². The summed E-state index contributed by atoms with van der Waals surface area (Å²) in [5.74, 6) is -0.339. The van der Waals surface area contributed by atoms with Crippen LogP contribution in [0.3, 0.4) is 0 Å². The quantitative estimate of drug-likeness (QED) is 0.698. The molecule has 1 aromatic rings. The first kappa shape index (κ1) is 8.59. The summed E-state index contributed by atoms with van der Waals surface area (Å²) in [5.41, 5.74) is 1.02. The molecule has 0 amide bonds. The molecule has 3 heteroatoms. The number of carboxylic acid groups (broad SMARTS) is 1. The zero-order valence-corrected chi connectivity index (χ0v) is 6.78. The van der Waals surface area contributed by atoms with E-state index in [0.29, 0.717) is 5.76 Å². The molecule has 64 valence electrons. The molecule has 1 N–H and O–H groups in total. The van der Waals surface area contributed by atoms with Gasteiger partial charge in [0.2, 0.25) is 0 Å². The third-order valence-corrected chi connectivity index (χ3v) is 1.54. The van der Waals surface area contributed by atoms with E-state index in [4.69, 9.17) is 9.52 Å². The van der Waals surface area contributed by atoms with Gasteiger partial charge in [0.15, 0.2) is 0 Å². The van der Waals surface area contributed by atoms with Gasteiger partial charge in [-0.2, -0.15) is 0 Å². The van der Waals surface area contributed by atoms with E-state index in [2.05, 4.69) is 0 Å². The lowest BCUT2D eigenvalue weighted by molar-refractivity contribution is -0.131. The highest BCUT2D eigenvalue weighted by atomic mass is 16.4. The summed E-state index contributed by atoms with van der Waals surface area (Å²) in [6, 6.07) is 1.83. The Kier molecular flexibility index (Phi) is 2.69. The number of hydrogen-bond donors (Lipinski definition) is 1. The van der Waals surface area contributed by atoms with Crippen LogP contribution in [0.25, 0.3) is 6.08 Å². The number of carbonyl (C=O) groups is 1. The zero-order valence-electron chi connectivity index (χ0n) is 6.78. The van der Waals surface area contributed by atoms with Crippen LogP contribution in [0.4, 0.5) is 0 Å². The molecule has 0 bridgehead atoms. The third kappa shape index (κ3) is 1.99. The standard InChI is InChI=1S/C9H10O3/c1-2-7-5-6-12-8(7)3-4-9(10)11/h3-6H,2H2,1H3,(H,10,11). The highest BCUT2D eigenvalue weighted by molar-refractivity contribution is 5.84. The summed E-state index contributed by atoms with van der Waals surface area (Å²) < 4.78 is 5.06. The van der Waals surface area contributed by atoms with E-state index in [9.17, 15) is 4.79 Å². The van der Waals surface area contributed by atoms with Gasteiger partial charge >= 0.3 is 5.97 Å². The van der Waals surface area contributed by atoms with Crippen molar-refractivity contribution in [2.45, 2.75) is 13.3 Å². The fourth-order valence-electron chi connectivity index (χ4n) is 0.933. The van der Waals surface area contributed by atoms with Gasteiger partial charge in [-0.1, -0.05) is 6.92 Å². The molecule has 0 aromatic carbocycles. The second-order valence-corrected chi connectivity index (χ2v) is 2.34. The molecule has 0 fully saturated rings. The van der Waals surface area contributed by atoms with Crippen LogP contribution >= 0.6 is 0 Å². The van der Waals surface area contributed by atoms with Gasteiger partial charge in [0.05, 0.1) is 6.26 Å². The number of aliphatic carboxylic acids is 1. The van der Waals surface area contributed by atoms with Gasteiger partial charge in [-0.3, -0.25) is 0 Å². The number of rotatable bonds is 3. The molecule has 0 saturated heterocycles. The average molecular weight is 166 g/mol. The van der Waals surface area contributed by atoms with Gasteiger partial charge in [-0.05, 0) is 24.1 Å². The van der Waals surface area contributed by atoms with Gasteiger partial charge in [-0.25, -0.2) is 4.79 Å². The van der Waals surface area contributed by atoms with Crippen LogP contribution in [-0.4, -0.2) is 11.1 Å². The van der Waals surface area contributed by atoms with Crippen LogP contribution < -0.4 is 0 Å². The highest BCUT2D eigenvalue weighted by Crippen LogP contribution is 2.12. The predicted octanol–water partition coefficient (Wildman–Crippen LogP) is 1.94. The maximum absolute atomic E-state index is 10.2. The molecular weight excluding hydrogens is 156 g/mol. The molecule has 0 atom stereocenters. The molecule has 3 nitrogen and oxygen atoms in total. The van der Waals surface area contributed by atoms with E-state index in [-0.39, 0.29) is 0 Å². The number of carboxylic acids is 1. The molecule has 0 spiro atoms. The van der Waals surface area contributed by atoms with Crippen molar-refractivity contribution in [1.82, 2.24) is 0 Å². The first-order valence-corrected chi connectivity index (χ1v) is 3.71. The van der Waals surface area contributed by atoms with Crippen molar-refractivity contribution in [3.05, 3.63) is 29.7 Å². The monoisotopic (exact) mass is 166 g/mol. The Labute approximate surface area is 70.3 Å². The van der Waals surface area contributed by atoms with E-state index >= 15 is 0 Å². The van der Waals surface area contributed by atoms with Crippen LogP contribution in [0.1, 0.15) is 18.2 Å². The molecule has 1 rings (SSSR count). The Hall–Kier alpha value is -1.51. The van der Waals surface area contributed by atoms with Gasteiger partial charge < -0.3 is 9.52 Å². The van der Waals surface area contributed by atoms with Crippen molar-refractivity contribution in [3.63, 3.8) is 0 Å². The smallest absolute Gasteiger partial charge is 0.328 e. The SMILES string of the molecule is CCc1ccoc1C=CC(=O)O. The van der Waals surface area contributed by atoms with Crippen molar-refractivity contribution in [2.75, 3.05) is 0 Å². The fraction of sp³-hybridized carbons (Fsp3) is 0.222. The fourth-order valence-corrected chi connectivity index (χ4v) is 0.933. The Morgan fingerprint density at radius 2 is 2.50 bits per heavy atom. The normalized spacial score (nSPS) is 10.8. The Morgan fingerprint density at radius 3 is 3.08 bits per heavy atom. The average Bonchev–Trinajstić information content (AvgIpc) is 2.47. The number of aryl methyl sites for hydroxylation is 1. The second-order valence-electron chi connectivity index (χ2n) is 2.34. The third-order valence-electron chi connectivity index (χ3n) is 1.54.